The van der Waals surface area contributed by atoms with Crippen LogP contribution in [0.25, 0.3) is 11.0 Å². The molecular weight excluding hydrogens is 310 g/mol. The van der Waals surface area contributed by atoms with Crippen LogP contribution in [0.1, 0.15) is 31.3 Å². The van der Waals surface area contributed by atoms with E-state index in [4.69, 9.17) is 0 Å². The van der Waals surface area contributed by atoms with E-state index in [9.17, 15) is 0 Å². The van der Waals surface area contributed by atoms with Crippen LogP contribution in [-0.4, -0.2) is 29.0 Å². The van der Waals surface area contributed by atoms with Crippen LogP contribution in [0.5, 0.6) is 0 Å². The molecule has 0 aliphatic heterocycles. The molecule has 0 bridgehead atoms. The summed E-state index contributed by atoms with van der Waals surface area (Å²) in [4.78, 5) is 12.6. The Morgan fingerprint density at radius 2 is 1.88 bits per heavy atom. The Morgan fingerprint density at radius 1 is 1.12 bits per heavy atom. The minimum Gasteiger partial charge on any atom is -0.357 e. The zero-order chi connectivity index (χ0) is 17.5. The van der Waals surface area contributed by atoms with Crippen molar-refractivity contribution >= 4 is 17.0 Å². The van der Waals surface area contributed by atoms with Crippen molar-refractivity contribution in [2.75, 3.05) is 13.1 Å². The van der Waals surface area contributed by atoms with Gasteiger partial charge in [-0.25, -0.2) is 4.98 Å². The highest BCUT2D eigenvalue weighted by Gasteiger charge is 2.07. The van der Waals surface area contributed by atoms with Crippen LogP contribution in [0.4, 0.5) is 0 Å². The number of aromatic amines is 1. The molecule has 1 unspecified atom stereocenters. The second-order valence-electron chi connectivity index (χ2n) is 5.99. The molecule has 3 rings (SSSR count). The molecule has 0 aliphatic rings. The van der Waals surface area contributed by atoms with Gasteiger partial charge in [-0.3, -0.25) is 4.99 Å². The summed E-state index contributed by atoms with van der Waals surface area (Å²) in [5, 5.41) is 6.76. The lowest BCUT2D eigenvalue weighted by molar-refractivity contribution is 0.685. The second-order valence-corrected chi connectivity index (χ2v) is 5.99. The quantitative estimate of drug-likeness (QED) is 0.478. The Bertz CT molecular complexity index is 789. The van der Waals surface area contributed by atoms with Crippen molar-refractivity contribution in [3.05, 3.63) is 66.0 Å². The monoisotopic (exact) mass is 335 g/mol. The van der Waals surface area contributed by atoms with Gasteiger partial charge in [-0.15, -0.1) is 0 Å². The molecule has 0 amide bonds. The molecule has 0 spiro atoms. The first kappa shape index (κ1) is 17.0. The molecule has 130 valence electrons. The molecule has 0 fully saturated rings. The molecule has 1 atom stereocenters. The van der Waals surface area contributed by atoms with Gasteiger partial charge in [0.1, 0.15) is 5.82 Å². The van der Waals surface area contributed by atoms with Crippen molar-refractivity contribution in [1.82, 2.24) is 20.6 Å². The number of aromatic nitrogens is 2. The maximum atomic E-state index is 4.68. The van der Waals surface area contributed by atoms with Gasteiger partial charge in [0.25, 0.3) is 0 Å². The molecule has 0 radical (unpaired) electrons. The Hall–Kier alpha value is -2.82. The summed E-state index contributed by atoms with van der Waals surface area (Å²) >= 11 is 0. The molecule has 0 aliphatic carbocycles. The van der Waals surface area contributed by atoms with Gasteiger partial charge in [0.2, 0.25) is 0 Å². The summed E-state index contributed by atoms with van der Waals surface area (Å²) in [6, 6.07) is 18.7. The third-order valence-electron chi connectivity index (χ3n) is 4.05. The van der Waals surface area contributed by atoms with Gasteiger partial charge in [-0.1, -0.05) is 42.5 Å². The van der Waals surface area contributed by atoms with Crippen LogP contribution in [-0.2, 0) is 6.42 Å². The van der Waals surface area contributed by atoms with Crippen LogP contribution in [0.2, 0.25) is 0 Å². The highest BCUT2D eigenvalue weighted by Crippen LogP contribution is 2.12. The van der Waals surface area contributed by atoms with Crippen LogP contribution in [0.15, 0.2) is 59.6 Å². The van der Waals surface area contributed by atoms with Crippen LogP contribution >= 0.6 is 0 Å². The van der Waals surface area contributed by atoms with Gasteiger partial charge < -0.3 is 15.6 Å². The average molecular weight is 335 g/mol. The number of imidazole rings is 1. The maximum Gasteiger partial charge on any atom is 0.191 e. The molecule has 0 saturated heterocycles. The van der Waals surface area contributed by atoms with E-state index in [0.717, 1.165) is 35.8 Å². The lowest BCUT2D eigenvalue weighted by atomic mass is 10.1. The molecule has 1 heterocycles. The van der Waals surface area contributed by atoms with Gasteiger partial charge in [0, 0.05) is 19.5 Å². The zero-order valence-corrected chi connectivity index (χ0v) is 14.8. The number of guanidine groups is 1. The third kappa shape index (κ3) is 4.59. The molecule has 3 N–H and O–H groups in total. The Labute approximate surface area is 148 Å². The molecule has 5 nitrogen and oxygen atoms in total. The number of para-hydroxylation sites is 2. The number of aliphatic imine (C=N–C) groups is 1. The fourth-order valence-corrected chi connectivity index (χ4v) is 2.75. The first-order chi connectivity index (χ1) is 12.3. The van der Waals surface area contributed by atoms with E-state index in [1.165, 1.54) is 5.56 Å². The lowest BCUT2D eigenvalue weighted by Gasteiger charge is -2.18. The van der Waals surface area contributed by atoms with Gasteiger partial charge in [0.05, 0.1) is 17.1 Å². The molecule has 5 heteroatoms. The SMILES string of the molecule is CCNC(=NCCc1nc2ccccc2[nH]1)NC(C)c1ccccc1. The molecule has 1 aromatic heterocycles. The van der Waals surface area contributed by atoms with Gasteiger partial charge in [0.15, 0.2) is 5.96 Å². The van der Waals surface area contributed by atoms with Crippen LogP contribution in [0, 0.1) is 0 Å². The smallest absolute Gasteiger partial charge is 0.191 e. The van der Waals surface area contributed by atoms with Crippen molar-refractivity contribution in [2.24, 2.45) is 4.99 Å². The predicted octanol–water partition coefficient (Wildman–Crippen LogP) is 3.42. The van der Waals surface area contributed by atoms with Crippen LogP contribution in [0.3, 0.4) is 0 Å². The maximum absolute atomic E-state index is 4.68. The highest BCUT2D eigenvalue weighted by molar-refractivity contribution is 5.80. The summed E-state index contributed by atoms with van der Waals surface area (Å²) in [7, 11) is 0. The van der Waals surface area contributed by atoms with E-state index in [1.807, 2.05) is 30.3 Å². The topological polar surface area (TPSA) is 65.1 Å². The number of rotatable bonds is 6. The van der Waals surface area contributed by atoms with Crippen molar-refractivity contribution in [3.8, 4) is 0 Å². The zero-order valence-electron chi connectivity index (χ0n) is 14.8. The Balaban J connectivity index is 1.61. The number of fused-ring (bicyclic) bond motifs is 1. The second kappa shape index (κ2) is 8.33. The molecular formula is C20H25N5. The minimum atomic E-state index is 0.199. The van der Waals surface area contributed by atoms with Gasteiger partial charge >= 0.3 is 0 Å². The minimum absolute atomic E-state index is 0.199. The van der Waals surface area contributed by atoms with Gasteiger partial charge in [-0.05, 0) is 31.5 Å². The van der Waals surface area contributed by atoms with E-state index in [0.29, 0.717) is 6.54 Å². The van der Waals surface area contributed by atoms with E-state index in [-0.39, 0.29) is 6.04 Å². The summed E-state index contributed by atoms with van der Waals surface area (Å²) in [6.07, 6.45) is 0.783. The molecule has 0 saturated carbocycles. The van der Waals surface area contributed by atoms with Gasteiger partial charge in [-0.2, -0.15) is 0 Å². The molecule has 2 aromatic carbocycles. The van der Waals surface area contributed by atoms with Crippen molar-refractivity contribution in [3.63, 3.8) is 0 Å². The van der Waals surface area contributed by atoms with Crippen LogP contribution < -0.4 is 10.6 Å². The predicted molar refractivity (Wildman–Crippen MR) is 104 cm³/mol. The molecule has 3 aromatic rings. The Morgan fingerprint density at radius 3 is 2.64 bits per heavy atom. The van der Waals surface area contributed by atoms with E-state index >= 15 is 0 Å². The average Bonchev–Trinajstić information content (AvgIpc) is 3.05. The first-order valence-corrected chi connectivity index (χ1v) is 8.79. The van der Waals surface area contributed by atoms with E-state index < -0.39 is 0 Å². The number of nitrogens with zero attached hydrogens (tertiary/aromatic N) is 2. The van der Waals surface area contributed by atoms with Crippen molar-refractivity contribution < 1.29 is 0 Å². The summed E-state index contributed by atoms with van der Waals surface area (Å²) in [5.41, 5.74) is 3.32. The fraction of sp³-hybridized carbons (Fsp3) is 0.300. The van der Waals surface area contributed by atoms with E-state index in [1.54, 1.807) is 0 Å². The van der Waals surface area contributed by atoms with Crippen molar-refractivity contribution in [1.29, 1.82) is 0 Å². The largest absolute Gasteiger partial charge is 0.357 e. The van der Waals surface area contributed by atoms with Crippen molar-refractivity contribution in [2.45, 2.75) is 26.3 Å². The molecule has 25 heavy (non-hydrogen) atoms. The number of H-pyrrole nitrogens is 1. The normalized spacial score (nSPS) is 13.0. The Kier molecular flexibility index (Phi) is 5.67. The number of hydrogen-bond acceptors (Lipinski definition) is 2. The fourth-order valence-electron chi connectivity index (χ4n) is 2.75. The number of benzene rings is 2. The summed E-state index contributed by atoms with van der Waals surface area (Å²) in [5.74, 6) is 1.80. The number of nitrogens with one attached hydrogen (secondary N) is 3. The first-order valence-electron chi connectivity index (χ1n) is 8.79. The third-order valence-corrected chi connectivity index (χ3v) is 4.05. The highest BCUT2D eigenvalue weighted by atomic mass is 15.2. The lowest BCUT2D eigenvalue weighted by Crippen LogP contribution is -2.38. The number of hydrogen-bond donors (Lipinski definition) is 3. The van der Waals surface area contributed by atoms with E-state index in [2.05, 4.69) is 63.7 Å². The summed E-state index contributed by atoms with van der Waals surface area (Å²) in [6.45, 7) is 5.72. The summed E-state index contributed by atoms with van der Waals surface area (Å²) < 4.78 is 0. The standard InChI is InChI=1S/C20H25N5/c1-3-21-20(23-15(2)16-9-5-4-6-10-16)22-14-13-19-24-17-11-7-8-12-18(17)25-19/h4-12,15H,3,13-14H2,1-2H3,(H,24,25)(H2,21,22,23).